The molecular weight excluding hydrogens is 280 g/mol. The van der Waals surface area contributed by atoms with Gasteiger partial charge >= 0.3 is 0 Å². The maximum Gasteiger partial charge on any atom is 0.112 e. The highest BCUT2D eigenvalue weighted by Gasteiger charge is 2.31. The maximum atomic E-state index is 2.39. The third kappa shape index (κ3) is 2.98. The SMILES string of the molecule is Cc1ccc(N2C=CN(c3ccc(C)c(C)c3)C2C(C)C)cc1. The van der Waals surface area contributed by atoms with Gasteiger partial charge in [-0.05, 0) is 62.1 Å². The van der Waals surface area contributed by atoms with Crippen molar-refractivity contribution in [3.8, 4) is 0 Å². The molecule has 2 aromatic rings. The van der Waals surface area contributed by atoms with Gasteiger partial charge in [-0.25, -0.2) is 0 Å². The van der Waals surface area contributed by atoms with Crippen molar-refractivity contribution < 1.29 is 0 Å². The monoisotopic (exact) mass is 306 g/mol. The lowest BCUT2D eigenvalue weighted by Gasteiger charge is -2.36. The number of hydrogen-bond donors (Lipinski definition) is 0. The minimum absolute atomic E-state index is 0.305. The van der Waals surface area contributed by atoms with E-state index >= 15 is 0 Å². The molecule has 1 heterocycles. The smallest absolute Gasteiger partial charge is 0.112 e. The fourth-order valence-corrected chi connectivity index (χ4v) is 3.18. The summed E-state index contributed by atoms with van der Waals surface area (Å²) < 4.78 is 0. The average molecular weight is 306 g/mol. The van der Waals surface area contributed by atoms with Gasteiger partial charge in [0.1, 0.15) is 6.17 Å². The standard InChI is InChI=1S/C21H26N2/c1-15(2)21-22(19-9-6-16(3)7-10-19)12-13-23(21)20-11-8-17(4)18(5)14-20/h6-15,21H,1-5H3. The van der Waals surface area contributed by atoms with E-state index in [0.29, 0.717) is 12.1 Å². The molecule has 0 N–H and O–H groups in total. The summed E-state index contributed by atoms with van der Waals surface area (Å²) >= 11 is 0. The highest BCUT2D eigenvalue weighted by molar-refractivity contribution is 5.62. The summed E-state index contributed by atoms with van der Waals surface area (Å²) in [6, 6.07) is 15.5. The van der Waals surface area contributed by atoms with Crippen LogP contribution in [0.3, 0.4) is 0 Å². The molecule has 0 radical (unpaired) electrons. The van der Waals surface area contributed by atoms with Gasteiger partial charge in [-0.2, -0.15) is 0 Å². The molecule has 0 bridgehead atoms. The molecule has 0 fully saturated rings. The van der Waals surface area contributed by atoms with Crippen LogP contribution in [0.2, 0.25) is 0 Å². The van der Waals surface area contributed by atoms with E-state index in [1.165, 1.54) is 28.1 Å². The van der Waals surface area contributed by atoms with E-state index in [2.05, 4.69) is 99.3 Å². The average Bonchev–Trinajstić information content (AvgIpc) is 2.96. The van der Waals surface area contributed by atoms with E-state index in [0.717, 1.165) is 0 Å². The summed E-state index contributed by atoms with van der Waals surface area (Å²) in [5.74, 6) is 0.507. The first-order chi connectivity index (χ1) is 11.0. The summed E-state index contributed by atoms with van der Waals surface area (Å²) in [7, 11) is 0. The van der Waals surface area contributed by atoms with E-state index in [4.69, 9.17) is 0 Å². The van der Waals surface area contributed by atoms with Gasteiger partial charge in [0.15, 0.2) is 0 Å². The first-order valence-electron chi connectivity index (χ1n) is 8.36. The first-order valence-corrected chi connectivity index (χ1v) is 8.36. The van der Waals surface area contributed by atoms with Gasteiger partial charge in [-0.1, -0.05) is 37.6 Å². The number of benzene rings is 2. The lowest BCUT2D eigenvalue weighted by atomic mass is 10.1. The van der Waals surface area contributed by atoms with Crippen molar-refractivity contribution in [2.45, 2.75) is 40.8 Å². The second-order valence-corrected chi connectivity index (χ2v) is 6.87. The van der Waals surface area contributed by atoms with Gasteiger partial charge in [-0.15, -0.1) is 0 Å². The van der Waals surface area contributed by atoms with Crippen LogP contribution in [0, 0.1) is 26.7 Å². The quantitative estimate of drug-likeness (QED) is 0.750. The van der Waals surface area contributed by atoms with Crippen molar-refractivity contribution in [3.63, 3.8) is 0 Å². The van der Waals surface area contributed by atoms with Crippen LogP contribution in [0.1, 0.15) is 30.5 Å². The molecule has 1 unspecified atom stereocenters. The lowest BCUT2D eigenvalue weighted by molar-refractivity contribution is 0.501. The highest BCUT2D eigenvalue weighted by atomic mass is 15.4. The molecule has 3 rings (SSSR count). The van der Waals surface area contributed by atoms with Crippen LogP contribution >= 0.6 is 0 Å². The second kappa shape index (κ2) is 6.11. The van der Waals surface area contributed by atoms with Gasteiger partial charge in [0, 0.05) is 23.8 Å². The Labute approximate surface area is 140 Å². The van der Waals surface area contributed by atoms with Crippen molar-refractivity contribution in [2.24, 2.45) is 5.92 Å². The van der Waals surface area contributed by atoms with E-state index in [1.807, 2.05) is 0 Å². The molecule has 0 saturated heterocycles. The molecule has 1 aliphatic rings. The predicted octanol–water partition coefficient (Wildman–Crippen LogP) is 5.39. The van der Waals surface area contributed by atoms with Crippen molar-refractivity contribution >= 4 is 11.4 Å². The van der Waals surface area contributed by atoms with Crippen LogP contribution in [-0.4, -0.2) is 6.17 Å². The second-order valence-electron chi connectivity index (χ2n) is 6.87. The molecule has 2 nitrogen and oxygen atoms in total. The fourth-order valence-electron chi connectivity index (χ4n) is 3.18. The number of aryl methyl sites for hydroxylation is 3. The minimum Gasteiger partial charge on any atom is -0.325 e. The zero-order valence-corrected chi connectivity index (χ0v) is 14.7. The van der Waals surface area contributed by atoms with E-state index in [9.17, 15) is 0 Å². The lowest BCUT2D eigenvalue weighted by Crippen LogP contribution is -2.42. The summed E-state index contributed by atoms with van der Waals surface area (Å²) in [5, 5.41) is 0. The van der Waals surface area contributed by atoms with E-state index < -0.39 is 0 Å². The van der Waals surface area contributed by atoms with Crippen molar-refractivity contribution in [1.29, 1.82) is 0 Å². The Morgan fingerprint density at radius 2 is 1.30 bits per heavy atom. The molecule has 120 valence electrons. The van der Waals surface area contributed by atoms with Crippen LogP contribution in [0.4, 0.5) is 11.4 Å². The van der Waals surface area contributed by atoms with Crippen LogP contribution in [0.15, 0.2) is 54.9 Å². The highest BCUT2D eigenvalue weighted by Crippen LogP contribution is 2.33. The van der Waals surface area contributed by atoms with Crippen LogP contribution in [0.5, 0.6) is 0 Å². The Kier molecular flexibility index (Phi) is 4.16. The maximum absolute atomic E-state index is 2.39. The minimum atomic E-state index is 0.305. The van der Waals surface area contributed by atoms with Gasteiger partial charge in [0.2, 0.25) is 0 Å². The number of nitrogens with zero attached hydrogens (tertiary/aromatic N) is 2. The van der Waals surface area contributed by atoms with E-state index in [-0.39, 0.29) is 0 Å². The van der Waals surface area contributed by atoms with Gasteiger partial charge in [0.05, 0.1) is 0 Å². The number of rotatable bonds is 3. The molecule has 0 saturated carbocycles. The van der Waals surface area contributed by atoms with Gasteiger partial charge in [-0.3, -0.25) is 0 Å². The van der Waals surface area contributed by atoms with Crippen molar-refractivity contribution in [2.75, 3.05) is 9.80 Å². The predicted molar refractivity (Wildman–Crippen MR) is 99.8 cm³/mol. The molecule has 0 spiro atoms. The molecule has 0 aliphatic carbocycles. The molecular formula is C21H26N2. The topological polar surface area (TPSA) is 6.48 Å². The zero-order chi connectivity index (χ0) is 16.6. The molecule has 0 amide bonds. The van der Waals surface area contributed by atoms with Crippen molar-refractivity contribution in [1.82, 2.24) is 0 Å². The Bertz CT molecular complexity index is 713. The number of hydrogen-bond acceptors (Lipinski definition) is 2. The molecule has 1 aliphatic heterocycles. The Morgan fingerprint density at radius 1 is 0.739 bits per heavy atom. The largest absolute Gasteiger partial charge is 0.325 e. The number of anilines is 2. The molecule has 2 aromatic carbocycles. The van der Waals surface area contributed by atoms with E-state index in [1.54, 1.807) is 0 Å². The Hall–Kier alpha value is -2.22. The first kappa shape index (κ1) is 15.7. The zero-order valence-electron chi connectivity index (χ0n) is 14.7. The van der Waals surface area contributed by atoms with Gasteiger partial charge in [0.25, 0.3) is 0 Å². The molecule has 23 heavy (non-hydrogen) atoms. The summed E-state index contributed by atoms with van der Waals surface area (Å²) in [6.45, 7) is 11.0. The Morgan fingerprint density at radius 3 is 1.87 bits per heavy atom. The summed E-state index contributed by atoms with van der Waals surface area (Å²) in [4.78, 5) is 4.76. The van der Waals surface area contributed by atoms with Crippen LogP contribution < -0.4 is 9.80 Å². The summed E-state index contributed by atoms with van der Waals surface area (Å²) in [5.41, 5.74) is 6.49. The van der Waals surface area contributed by atoms with Crippen LogP contribution in [0.25, 0.3) is 0 Å². The summed E-state index contributed by atoms with van der Waals surface area (Å²) in [6.07, 6.45) is 4.71. The normalized spacial score (nSPS) is 17.4. The molecule has 0 aromatic heterocycles. The third-order valence-electron chi connectivity index (χ3n) is 4.67. The molecule has 1 atom stereocenters. The third-order valence-corrected chi connectivity index (χ3v) is 4.67. The van der Waals surface area contributed by atoms with Crippen molar-refractivity contribution in [3.05, 3.63) is 71.6 Å². The fraction of sp³-hybridized carbons (Fsp3) is 0.333. The Balaban J connectivity index is 1.95. The van der Waals surface area contributed by atoms with Crippen LogP contribution in [-0.2, 0) is 0 Å². The molecule has 2 heteroatoms. The van der Waals surface area contributed by atoms with Gasteiger partial charge < -0.3 is 9.80 Å².